The molecule has 30 heavy (non-hydrogen) atoms. The van der Waals surface area contributed by atoms with E-state index in [1.807, 2.05) is 36.9 Å². The molecule has 2 aliphatic heterocycles. The molecule has 0 aliphatic carbocycles. The number of thioether (sulfide) groups is 1. The number of hydrogen-bond donors (Lipinski definition) is 1. The van der Waals surface area contributed by atoms with Gasteiger partial charge in [0.05, 0.1) is 17.5 Å². The van der Waals surface area contributed by atoms with Gasteiger partial charge in [-0.15, -0.1) is 0 Å². The smallest absolute Gasteiger partial charge is 0.408 e. The molecular weight excluding hydrogens is 426 g/mol. The molecule has 164 valence electrons. The fourth-order valence-electron chi connectivity index (χ4n) is 3.43. The van der Waals surface area contributed by atoms with Crippen LogP contribution in [0.2, 0.25) is 0 Å². The number of fused-ring (bicyclic) bond motifs is 1. The Bertz CT molecular complexity index is 998. The van der Waals surface area contributed by atoms with Crippen molar-refractivity contribution in [2.75, 3.05) is 23.0 Å². The van der Waals surface area contributed by atoms with E-state index in [4.69, 9.17) is 4.74 Å². The van der Waals surface area contributed by atoms with E-state index >= 15 is 0 Å². The average molecular weight is 454 g/mol. The molecular formula is C20H27N3O5S2. The molecule has 2 fully saturated rings. The number of nitrogens with zero attached hydrogens (tertiary/aromatic N) is 2. The van der Waals surface area contributed by atoms with E-state index in [0.29, 0.717) is 5.17 Å². The van der Waals surface area contributed by atoms with E-state index in [1.165, 1.54) is 11.8 Å². The number of amidine groups is 1. The molecule has 1 aromatic rings. The molecule has 1 aromatic carbocycles. The third kappa shape index (κ3) is 5.34. The summed E-state index contributed by atoms with van der Waals surface area (Å²) >= 11 is 1.31. The monoisotopic (exact) mass is 453 g/mol. The number of hydrogen-bond acceptors (Lipinski definition) is 6. The van der Waals surface area contributed by atoms with E-state index in [1.54, 1.807) is 20.8 Å². The van der Waals surface area contributed by atoms with E-state index in [0.717, 1.165) is 16.8 Å². The Balaban J connectivity index is 1.83. The molecule has 10 heteroatoms. The highest BCUT2D eigenvalue weighted by molar-refractivity contribution is 8.16. The maximum Gasteiger partial charge on any atom is 0.408 e. The van der Waals surface area contributed by atoms with Gasteiger partial charge in [0.1, 0.15) is 12.1 Å². The van der Waals surface area contributed by atoms with Crippen molar-refractivity contribution in [2.24, 2.45) is 4.99 Å². The van der Waals surface area contributed by atoms with Gasteiger partial charge in [0.25, 0.3) is 5.91 Å². The molecule has 0 saturated carbocycles. The minimum Gasteiger partial charge on any atom is -0.444 e. The van der Waals surface area contributed by atoms with Crippen LogP contribution < -0.4 is 10.2 Å². The molecule has 0 bridgehead atoms. The Morgan fingerprint density at radius 3 is 2.63 bits per heavy atom. The first-order chi connectivity index (χ1) is 13.8. The number of nitrogens with one attached hydrogen (secondary N) is 1. The summed E-state index contributed by atoms with van der Waals surface area (Å²) in [4.78, 5) is 30.3. The zero-order valence-electron chi connectivity index (χ0n) is 17.8. The SMILES string of the molecule is Cc1ccc(C)c(N2C(=NC(=O)CNC(=O)OC(C)(C)C)S[C@@H]3CS(=O)(=O)C[C@H]32)c1. The van der Waals surface area contributed by atoms with Gasteiger partial charge in [-0.3, -0.25) is 4.79 Å². The zero-order valence-corrected chi connectivity index (χ0v) is 19.4. The van der Waals surface area contributed by atoms with Crippen LogP contribution in [0.15, 0.2) is 23.2 Å². The van der Waals surface area contributed by atoms with Crippen LogP contribution in [-0.4, -0.2) is 60.5 Å². The molecule has 0 aromatic heterocycles. The number of carbonyl (C=O) groups excluding carboxylic acids is 2. The summed E-state index contributed by atoms with van der Waals surface area (Å²) in [6.45, 7) is 8.81. The first kappa shape index (κ1) is 22.6. The van der Waals surface area contributed by atoms with Gasteiger partial charge in [0, 0.05) is 10.9 Å². The number of sulfone groups is 1. The molecule has 2 aliphatic rings. The van der Waals surface area contributed by atoms with Gasteiger partial charge in [0.15, 0.2) is 15.0 Å². The van der Waals surface area contributed by atoms with E-state index in [9.17, 15) is 18.0 Å². The van der Waals surface area contributed by atoms with Gasteiger partial charge in [0.2, 0.25) is 0 Å². The second kappa shape index (κ2) is 8.22. The highest BCUT2D eigenvalue weighted by Crippen LogP contribution is 2.42. The lowest BCUT2D eigenvalue weighted by Crippen LogP contribution is -2.39. The number of aliphatic imine (C=N–C) groups is 1. The van der Waals surface area contributed by atoms with Crippen molar-refractivity contribution >= 4 is 44.5 Å². The van der Waals surface area contributed by atoms with Crippen molar-refractivity contribution in [2.45, 2.75) is 51.5 Å². The van der Waals surface area contributed by atoms with E-state index in [2.05, 4.69) is 10.3 Å². The van der Waals surface area contributed by atoms with Gasteiger partial charge >= 0.3 is 6.09 Å². The Hall–Kier alpha value is -2.07. The lowest BCUT2D eigenvalue weighted by atomic mass is 10.1. The van der Waals surface area contributed by atoms with Gasteiger partial charge < -0.3 is 15.0 Å². The summed E-state index contributed by atoms with van der Waals surface area (Å²) in [5.41, 5.74) is 2.18. The van der Waals surface area contributed by atoms with Crippen molar-refractivity contribution in [1.82, 2.24) is 5.32 Å². The summed E-state index contributed by atoms with van der Waals surface area (Å²) in [6, 6.07) is 5.65. The number of carbonyl (C=O) groups is 2. The maximum atomic E-state index is 12.4. The molecule has 2 amide bonds. The summed E-state index contributed by atoms with van der Waals surface area (Å²) in [7, 11) is -3.14. The van der Waals surface area contributed by atoms with Gasteiger partial charge in [-0.1, -0.05) is 23.9 Å². The fraction of sp³-hybridized carbons (Fsp3) is 0.550. The normalized spacial score (nSPS) is 24.0. The van der Waals surface area contributed by atoms with Crippen LogP contribution in [0.5, 0.6) is 0 Å². The molecule has 0 radical (unpaired) electrons. The second-order valence-corrected chi connectivity index (χ2v) is 12.0. The third-order valence-electron chi connectivity index (χ3n) is 4.69. The Morgan fingerprint density at radius 1 is 1.27 bits per heavy atom. The standard InChI is InChI=1S/C20H27N3O5S2/c1-12-6-7-13(2)14(8-12)23-15-10-30(26,27)11-16(15)29-18(23)22-17(24)9-21-19(25)28-20(3,4)5/h6-8,15-16H,9-11H2,1-5H3,(H,21,25)/t15-,16-/m1/s1. The van der Waals surface area contributed by atoms with Crippen molar-refractivity contribution in [3.63, 3.8) is 0 Å². The highest BCUT2D eigenvalue weighted by atomic mass is 32.2. The van der Waals surface area contributed by atoms with Crippen LogP contribution in [-0.2, 0) is 19.4 Å². The predicted molar refractivity (Wildman–Crippen MR) is 119 cm³/mol. The van der Waals surface area contributed by atoms with Crippen molar-refractivity contribution in [3.05, 3.63) is 29.3 Å². The molecule has 2 saturated heterocycles. The molecule has 0 unspecified atom stereocenters. The van der Waals surface area contributed by atoms with Crippen LogP contribution in [0.25, 0.3) is 0 Å². The van der Waals surface area contributed by atoms with Crippen LogP contribution in [0.3, 0.4) is 0 Å². The summed E-state index contributed by atoms with van der Waals surface area (Å²) < 4.78 is 29.5. The van der Waals surface area contributed by atoms with Crippen LogP contribution >= 0.6 is 11.8 Å². The summed E-state index contributed by atoms with van der Waals surface area (Å²) in [5.74, 6) is -0.435. The number of aryl methyl sites for hydroxylation is 2. The number of benzene rings is 1. The molecule has 2 atom stereocenters. The number of rotatable bonds is 3. The lowest BCUT2D eigenvalue weighted by molar-refractivity contribution is -0.117. The number of anilines is 1. The number of ether oxygens (including phenoxy) is 1. The molecule has 2 heterocycles. The fourth-order valence-corrected chi connectivity index (χ4v) is 7.36. The molecule has 1 N–H and O–H groups in total. The first-order valence-electron chi connectivity index (χ1n) is 9.66. The van der Waals surface area contributed by atoms with Crippen molar-refractivity contribution < 1.29 is 22.7 Å². The number of alkyl carbamates (subject to hydrolysis) is 1. The van der Waals surface area contributed by atoms with Crippen molar-refractivity contribution in [1.29, 1.82) is 0 Å². The van der Waals surface area contributed by atoms with E-state index < -0.39 is 27.4 Å². The predicted octanol–water partition coefficient (Wildman–Crippen LogP) is 2.43. The Kier molecular flexibility index (Phi) is 6.20. The molecule has 0 spiro atoms. The van der Waals surface area contributed by atoms with Crippen LogP contribution in [0.4, 0.5) is 10.5 Å². The van der Waals surface area contributed by atoms with Gasteiger partial charge in [-0.05, 0) is 51.8 Å². The Labute approximate surface area is 181 Å². The molecule has 8 nitrogen and oxygen atoms in total. The number of amides is 2. The summed E-state index contributed by atoms with van der Waals surface area (Å²) in [5, 5.41) is 2.69. The lowest BCUT2D eigenvalue weighted by Gasteiger charge is -2.26. The van der Waals surface area contributed by atoms with Crippen LogP contribution in [0, 0.1) is 13.8 Å². The minimum atomic E-state index is -3.14. The minimum absolute atomic E-state index is 0.0292. The zero-order chi connectivity index (χ0) is 22.3. The van der Waals surface area contributed by atoms with Crippen molar-refractivity contribution in [3.8, 4) is 0 Å². The van der Waals surface area contributed by atoms with E-state index in [-0.39, 0.29) is 29.3 Å². The summed E-state index contributed by atoms with van der Waals surface area (Å²) in [6.07, 6.45) is -0.690. The topological polar surface area (TPSA) is 105 Å². The van der Waals surface area contributed by atoms with Gasteiger partial charge in [-0.25, -0.2) is 13.2 Å². The first-order valence-corrected chi connectivity index (χ1v) is 12.4. The highest BCUT2D eigenvalue weighted by Gasteiger charge is 2.49. The average Bonchev–Trinajstić information content (AvgIpc) is 3.04. The van der Waals surface area contributed by atoms with Gasteiger partial charge in [-0.2, -0.15) is 4.99 Å². The molecule has 3 rings (SSSR count). The van der Waals surface area contributed by atoms with Crippen LogP contribution in [0.1, 0.15) is 31.9 Å². The largest absolute Gasteiger partial charge is 0.444 e. The Morgan fingerprint density at radius 2 is 1.97 bits per heavy atom. The maximum absolute atomic E-state index is 12.4. The quantitative estimate of drug-likeness (QED) is 0.749. The third-order valence-corrected chi connectivity index (χ3v) is 7.90. The second-order valence-electron chi connectivity index (χ2n) is 8.60.